The van der Waals surface area contributed by atoms with Crippen molar-refractivity contribution in [2.75, 3.05) is 0 Å². The highest BCUT2D eigenvalue weighted by molar-refractivity contribution is 5.87. The predicted octanol–water partition coefficient (Wildman–Crippen LogP) is 1.27. The number of carboxylic acid groups (broad SMARTS) is 1. The smallest absolute Gasteiger partial charge is 0.337 e. The van der Waals surface area contributed by atoms with Gasteiger partial charge in [0.1, 0.15) is 0 Å². The molecule has 0 aliphatic rings. The van der Waals surface area contributed by atoms with Crippen molar-refractivity contribution in [1.29, 1.82) is 0 Å². The fourth-order valence-corrected chi connectivity index (χ4v) is 1.25. The molecule has 76 valence electrons. The molecular weight excluding hydrogens is 182 g/mol. The minimum Gasteiger partial charge on any atom is -0.478 e. The Hall–Kier alpha value is -1.58. The molecule has 1 aromatic rings. The first kappa shape index (κ1) is 10.5. The minimum atomic E-state index is -1.02. The zero-order valence-electron chi connectivity index (χ0n) is 8.20. The quantitative estimate of drug-likeness (QED) is 0.763. The van der Waals surface area contributed by atoms with Crippen LogP contribution in [-0.4, -0.2) is 16.1 Å². The Morgan fingerprint density at radius 3 is 2.71 bits per heavy atom. The van der Waals surface area contributed by atoms with Crippen molar-refractivity contribution in [3.8, 4) is 0 Å². The normalized spacial score (nSPS) is 10.5. The lowest BCUT2D eigenvalue weighted by Gasteiger charge is -2.04. The van der Waals surface area contributed by atoms with E-state index in [1.807, 2.05) is 13.8 Å². The summed E-state index contributed by atoms with van der Waals surface area (Å²) in [5, 5.41) is 8.71. The molecule has 0 aliphatic heterocycles. The van der Waals surface area contributed by atoms with Crippen molar-refractivity contribution in [3.05, 3.63) is 33.7 Å². The van der Waals surface area contributed by atoms with Crippen LogP contribution in [0.4, 0.5) is 0 Å². The Bertz CT molecular complexity index is 393. The Kier molecular flexibility index (Phi) is 3.06. The molecule has 0 atom stereocenters. The summed E-state index contributed by atoms with van der Waals surface area (Å²) in [4.78, 5) is 24.3. The number of hydrogen-bond acceptors (Lipinski definition) is 2. The summed E-state index contributed by atoms with van der Waals surface area (Å²) in [6.45, 7) is 3.96. The molecule has 2 N–H and O–H groups in total. The molecule has 0 aromatic carbocycles. The predicted molar refractivity (Wildman–Crippen MR) is 52.6 cm³/mol. The molecule has 0 fully saturated rings. The molecule has 0 saturated carbocycles. The molecule has 1 aromatic heterocycles. The van der Waals surface area contributed by atoms with Gasteiger partial charge in [-0.05, 0) is 18.4 Å². The number of pyridine rings is 1. The highest BCUT2D eigenvalue weighted by Gasteiger charge is 2.08. The minimum absolute atomic E-state index is 0.125. The molecule has 0 amide bonds. The van der Waals surface area contributed by atoms with Crippen LogP contribution in [-0.2, 0) is 6.42 Å². The van der Waals surface area contributed by atoms with Gasteiger partial charge in [-0.25, -0.2) is 4.79 Å². The van der Waals surface area contributed by atoms with Crippen LogP contribution < -0.4 is 5.56 Å². The van der Waals surface area contributed by atoms with Gasteiger partial charge < -0.3 is 10.1 Å². The van der Waals surface area contributed by atoms with Crippen LogP contribution in [0.3, 0.4) is 0 Å². The van der Waals surface area contributed by atoms with Crippen molar-refractivity contribution in [3.63, 3.8) is 0 Å². The van der Waals surface area contributed by atoms with Crippen molar-refractivity contribution in [2.45, 2.75) is 20.3 Å². The molecular formula is C10H13NO3. The van der Waals surface area contributed by atoms with E-state index in [9.17, 15) is 9.59 Å². The van der Waals surface area contributed by atoms with E-state index < -0.39 is 5.97 Å². The second-order valence-corrected chi connectivity index (χ2v) is 3.65. The van der Waals surface area contributed by atoms with E-state index in [0.29, 0.717) is 17.9 Å². The molecule has 4 nitrogen and oxygen atoms in total. The maximum Gasteiger partial charge on any atom is 0.337 e. The molecule has 0 unspecified atom stereocenters. The Balaban J connectivity index is 3.08. The number of H-pyrrole nitrogens is 1. The van der Waals surface area contributed by atoms with Gasteiger partial charge >= 0.3 is 5.97 Å². The second kappa shape index (κ2) is 4.09. The molecule has 1 heterocycles. The van der Waals surface area contributed by atoms with Gasteiger partial charge in [0, 0.05) is 11.8 Å². The first-order valence-electron chi connectivity index (χ1n) is 4.45. The molecule has 0 bridgehead atoms. The number of nitrogens with one attached hydrogen (secondary N) is 1. The SMILES string of the molecule is CC(C)Cc1cc(C(=O)O)c[nH]c1=O. The van der Waals surface area contributed by atoms with Crippen LogP contribution >= 0.6 is 0 Å². The summed E-state index contributed by atoms with van der Waals surface area (Å²) < 4.78 is 0. The number of hydrogen-bond donors (Lipinski definition) is 2. The van der Waals surface area contributed by atoms with Crippen LogP contribution in [0.5, 0.6) is 0 Å². The number of rotatable bonds is 3. The lowest BCUT2D eigenvalue weighted by molar-refractivity contribution is 0.0696. The van der Waals surface area contributed by atoms with Crippen molar-refractivity contribution in [2.24, 2.45) is 5.92 Å². The van der Waals surface area contributed by atoms with Crippen molar-refractivity contribution < 1.29 is 9.90 Å². The fourth-order valence-electron chi connectivity index (χ4n) is 1.25. The maximum atomic E-state index is 11.3. The first-order valence-corrected chi connectivity index (χ1v) is 4.45. The van der Waals surface area contributed by atoms with Crippen LogP contribution in [0.15, 0.2) is 17.1 Å². The monoisotopic (exact) mass is 195 g/mol. The fraction of sp³-hybridized carbons (Fsp3) is 0.400. The van der Waals surface area contributed by atoms with E-state index in [4.69, 9.17) is 5.11 Å². The highest BCUT2D eigenvalue weighted by Crippen LogP contribution is 2.05. The van der Waals surface area contributed by atoms with E-state index in [0.717, 1.165) is 0 Å². The zero-order chi connectivity index (χ0) is 10.7. The summed E-state index contributed by atoms with van der Waals surface area (Å²) in [5.41, 5.74) is 0.448. The molecule has 0 saturated heterocycles. The number of aromatic carboxylic acids is 1. The third-order valence-corrected chi connectivity index (χ3v) is 1.86. The Morgan fingerprint density at radius 1 is 1.57 bits per heavy atom. The number of aromatic amines is 1. The summed E-state index contributed by atoms with van der Waals surface area (Å²) in [6.07, 6.45) is 1.81. The van der Waals surface area contributed by atoms with Crippen LogP contribution in [0.25, 0.3) is 0 Å². The lowest BCUT2D eigenvalue weighted by atomic mass is 10.0. The zero-order valence-corrected chi connectivity index (χ0v) is 8.20. The van der Waals surface area contributed by atoms with Crippen LogP contribution in [0, 0.1) is 5.92 Å². The van der Waals surface area contributed by atoms with Gasteiger partial charge in [-0.1, -0.05) is 13.8 Å². The average molecular weight is 195 g/mol. The topological polar surface area (TPSA) is 70.2 Å². The highest BCUT2D eigenvalue weighted by atomic mass is 16.4. The van der Waals surface area contributed by atoms with Gasteiger partial charge in [-0.2, -0.15) is 0 Å². The number of aromatic nitrogens is 1. The summed E-state index contributed by atoms with van der Waals surface area (Å²) in [6, 6.07) is 1.43. The van der Waals surface area contributed by atoms with E-state index in [1.54, 1.807) is 0 Å². The maximum absolute atomic E-state index is 11.3. The Morgan fingerprint density at radius 2 is 2.21 bits per heavy atom. The average Bonchev–Trinajstić information content (AvgIpc) is 2.07. The van der Waals surface area contributed by atoms with Crippen LogP contribution in [0.2, 0.25) is 0 Å². The molecule has 0 radical (unpaired) electrons. The third kappa shape index (κ3) is 2.45. The van der Waals surface area contributed by atoms with Gasteiger partial charge in [-0.3, -0.25) is 4.79 Å². The number of carbonyl (C=O) groups is 1. The van der Waals surface area contributed by atoms with E-state index in [2.05, 4.69) is 4.98 Å². The molecule has 14 heavy (non-hydrogen) atoms. The number of carboxylic acids is 1. The largest absolute Gasteiger partial charge is 0.478 e. The van der Waals surface area contributed by atoms with E-state index in [1.165, 1.54) is 12.3 Å². The lowest BCUT2D eigenvalue weighted by Crippen LogP contribution is -2.16. The van der Waals surface area contributed by atoms with E-state index >= 15 is 0 Å². The second-order valence-electron chi connectivity index (χ2n) is 3.65. The van der Waals surface area contributed by atoms with Gasteiger partial charge in [0.15, 0.2) is 0 Å². The molecule has 1 rings (SSSR count). The molecule has 0 aliphatic carbocycles. The Labute approximate surface area is 81.6 Å². The van der Waals surface area contributed by atoms with Gasteiger partial charge in [0.05, 0.1) is 5.56 Å². The van der Waals surface area contributed by atoms with Gasteiger partial charge in [0.25, 0.3) is 5.56 Å². The summed E-state index contributed by atoms with van der Waals surface area (Å²) in [5.74, 6) is -0.689. The van der Waals surface area contributed by atoms with Crippen molar-refractivity contribution in [1.82, 2.24) is 4.98 Å². The summed E-state index contributed by atoms with van der Waals surface area (Å²) in [7, 11) is 0. The summed E-state index contributed by atoms with van der Waals surface area (Å²) >= 11 is 0. The van der Waals surface area contributed by atoms with Crippen molar-refractivity contribution >= 4 is 5.97 Å². The van der Waals surface area contributed by atoms with Gasteiger partial charge in [0.2, 0.25) is 0 Å². The molecule has 0 spiro atoms. The van der Waals surface area contributed by atoms with Gasteiger partial charge in [-0.15, -0.1) is 0 Å². The standard InChI is InChI=1S/C10H13NO3/c1-6(2)3-7-4-8(10(13)14)5-11-9(7)12/h4-6H,3H2,1-2H3,(H,11,12)(H,13,14). The first-order chi connectivity index (χ1) is 6.50. The molecule has 4 heteroatoms. The third-order valence-electron chi connectivity index (χ3n) is 1.86. The van der Waals surface area contributed by atoms with Crippen LogP contribution in [0.1, 0.15) is 29.8 Å². The van der Waals surface area contributed by atoms with E-state index in [-0.39, 0.29) is 11.1 Å².